The molecule has 0 aliphatic carbocycles. The first-order valence-electron chi connectivity index (χ1n) is 11.6. The predicted octanol–water partition coefficient (Wildman–Crippen LogP) is 8.54. The zero-order valence-electron chi connectivity index (χ0n) is 21.1. The quantitative estimate of drug-likeness (QED) is 0.227. The fraction of sp³-hybridized carbons (Fsp3) is 0.407. The highest BCUT2D eigenvalue weighted by Gasteiger charge is 2.37. The maximum atomic E-state index is 7.32. The molecule has 0 spiro atoms. The van der Waals surface area contributed by atoms with Crippen LogP contribution in [-0.2, 0) is 10.8 Å². The number of hydrogen-bond acceptors (Lipinski definition) is 4. The van der Waals surface area contributed by atoms with E-state index in [0.29, 0.717) is 47.6 Å². The standard InChI is InChI=1S/C27H31ClN4O2Si/c1-18-20(11-14-23(30-6)24(18)28)17-21(15-16-33-35(7,8)27(2,3)4)26-32-31-25(34-26)19-9-12-22(29-5)13-10-19/h9-14,21H,15-17H2,1-4,7-8H3/t21-/m0/s1. The monoisotopic (exact) mass is 506 g/mol. The van der Waals surface area contributed by atoms with Crippen LogP contribution in [0.25, 0.3) is 21.1 Å². The Labute approximate surface area is 214 Å². The lowest BCUT2D eigenvalue weighted by atomic mass is 9.93. The molecule has 1 atom stereocenters. The van der Waals surface area contributed by atoms with E-state index in [1.807, 2.05) is 25.1 Å². The minimum Gasteiger partial charge on any atom is -0.420 e. The average molecular weight is 507 g/mol. The molecule has 1 aromatic heterocycles. The van der Waals surface area contributed by atoms with Gasteiger partial charge in [0.1, 0.15) is 0 Å². The van der Waals surface area contributed by atoms with Crippen LogP contribution in [0.2, 0.25) is 23.2 Å². The summed E-state index contributed by atoms with van der Waals surface area (Å²) in [6.45, 7) is 28.1. The first-order valence-corrected chi connectivity index (χ1v) is 14.9. The molecule has 182 valence electrons. The first-order chi connectivity index (χ1) is 16.5. The van der Waals surface area contributed by atoms with Crippen LogP contribution in [0.5, 0.6) is 0 Å². The summed E-state index contributed by atoms with van der Waals surface area (Å²) in [5, 5.41) is 9.26. The van der Waals surface area contributed by atoms with E-state index in [1.165, 1.54) is 0 Å². The third kappa shape index (κ3) is 6.18. The van der Waals surface area contributed by atoms with Crippen molar-refractivity contribution in [1.29, 1.82) is 0 Å². The first kappa shape index (κ1) is 26.6. The van der Waals surface area contributed by atoms with Crippen LogP contribution < -0.4 is 0 Å². The zero-order chi connectivity index (χ0) is 25.8. The van der Waals surface area contributed by atoms with Gasteiger partial charge in [0.15, 0.2) is 14.0 Å². The summed E-state index contributed by atoms with van der Waals surface area (Å²) < 4.78 is 12.6. The Bertz CT molecular complexity index is 1260. The molecular weight excluding hydrogens is 476 g/mol. The van der Waals surface area contributed by atoms with Crippen molar-refractivity contribution >= 4 is 31.3 Å². The molecule has 3 rings (SSSR count). The second-order valence-electron chi connectivity index (χ2n) is 10.2. The van der Waals surface area contributed by atoms with Crippen LogP contribution in [-0.4, -0.2) is 25.1 Å². The average Bonchev–Trinajstić information content (AvgIpc) is 3.31. The van der Waals surface area contributed by atoms with E-state index in [2.05, 4.69) is 53.8 Å². The highest BCUT2D eigenvalue weighted by Crippen LogP contribution is 2.38. The molecule has 0 aliphatic rings. The molecule has 1 heterocycles. The van der Waals surface area contributed by atoms with Crippen molar-refractivity contribution in [3.05, 3.63) is 81.3 Å². The Morgan fingerprint density at radius 3 is 2.34 bits per heavy atom. The molecule has 0 saturated carbocycles. The Hall–Kier alpha value is -2.97. The van der Waals surface area contributed by atoms with Crippen LogP contribution in [0, 0.1) is 20.1 Å². The number of nitrogens with zero attached hydrogens (tertiary/aromatic N) is 4. The smallest absolute Gasteiger partial charge is 0.247 e. The van der Waals surface area contributed by atoms with Gasteiger partial charge in [0.2, 0.25) is 17.5 Å². The molecule has 2 aromatic carbocycles. The summed E-state index contributed by atoms with van der Waals surface area (Å²) in [5.74, 6) is 0.889. The van der Waals surface area contributed by atoms with Crippen molar-refractivity contribution in [3.63, 3.8) is 0 Å². The molecule has 0 radical (unpaired) electrons. The van der Waals surface area contributed by atoms with Crippen molar-refractivity contribution < 1.29 is 8.84 Å². The fourth-order valence-electron chi connectivity index (χ4n) is 3.46. The van der Waals surface area contributed by atoms with Crippen LogP contribution in [0.3, 0.4) is 0 Å². The fourth-order valence-corrected chi connectivity index (χ4v) is 4.75. The minimum atomic E-state index is -1.90. The molecule has 8 heteroatoms. The van der Waals surface area contributed by atoms with E-state index in [9.17, 15) is 0 Å². The molecule has 0 unspecified atom stereocenters. The Kier molecular flexibility index (Phi) is 8.17. The topological polar surface area (TPSA) is 56.9 Å². The molecule has 3 aromatic rings. The summed E-state index contributed by atoms with van der Waals surface area (Å²) in [6.07, 6.45) is 1.36. The van der Waals surface area contributed by atoms with Crippen LogP contribution in [0.1, 0.15) is 50.1 Å². The number of rotatable bonds is 8. The molecular formula is C27H31ClN4O2Si. The summed E-state index contributed by atoms with van der Waals surface area (Å²) in [7, 11) is -1.90. The normalized spacial score (nSPS) is 12.7. The second kappa shape index (κ2) is 10.7. The van der Waals surface area contributed by atoms with Crippen LogP contribution >= 0.6 is 11.6 Å². The highest BCUT2D eigenvalue weighted by molar-refractivity contribution is 6.74. The maximum Gasteiger partial charge on any atom is 0.247 e. The number of aromatic nitrogens is 2. The van der Waals surface area contributed by atoms with Gasteiger partial charge < -0.3 is 8.84 Å². The SMILES string of the molecule is [C-]#[N+]c1ccc(-c2nnc([C@@H](CCO[Si](C)(C)C(C)(C)C)Cc3ccc([N+]#[C-])c(Cl)c3C)o2)cc1. The molecule has 0 saturated heterocycles. The maximum absolute atomic E-state index is 7.32. The predicted molar refractivity (Wildman–Crippen MR) is 143 cm³/mol. The van der Waals surface area contributed by atoms with Gasteiger partial charge in [-0.25, -0.2) is 9.69 Å². The molecule has 0 amide bonds. The van der Waals surface area contributed by atoms with Gasteiger partial charge in [-0.1, -0.05) is 68.8 Å². The van der Waals surface area contributed by atoms with Crippen molar-refractivity contribution in [1.82, 2.24) is 10.2 Å². The van der Waals surface area contributed by atoms with E-state index in [-0.39, 0.29) is 11.0 Å². The van der Waals surface area contributed by atoms with Gasteiger partial charge in [-0.05, 0) is 49.0 Å². The van der Waals surface area contributed by atoms with Gasteiger partial charge in [0.25, 0.3) is 0 Å². The summed E-state index contributed by atoms with van der Waals surface area (Å²) in [4.78, 5) is 6.93. The van der Waals surface area contributed by atoms with Crippen molar-refractivity contribution in [2.45, 2.75) is 64.6 Å². The van der Waals surface area contributed by atoms with E-state index < -0.39 is 8.32 Å². The van der Waals surface area contributed by atoms with Crippen LogP contribution in [0.4, 0.5) is 11.4 Å². The number of hydrogen-bond donors (Lipinski definition) is 0. The van der Waals surface area contributed by atoms with Crippen LogP contribution in [0.15, 0.2) is 40.8 Å². The molecule has 0 fully saturated rings. The van der Waals surface area contributed by atoms with Gasteiger partial charge >= 0.3 is 0 Å². The van der Waals surface area contributed by atoms with Crippen molar-refractivity contribution in [3.8, 4) is 11.5 Å². The lowest BCUT2D eigenvalue weighted by Crippen LogP contribution is -2.41. The van der Waals surface area contributed by atoms with E-state index in [0.717, 1.165) is 16.7 Å². The zero-order valence-corrected chi connectivity index (χ0v) is 22.9. The van der Waals surface area contributed by atoms with Crippen molar-refractivity contribution in [2.24, 2.45) is 0 Å². The van der Waals surface area contributed by atoms with Gasteiger partial charge in [0.05, 0.1) is 18.2 Å². The Morgan fingerprint density at radius 2 is 1.74 bits per heavy atom. The molecule has 0 N–H and O–H groups in total. The molecule has 0 aliphatic heterocycles. The largest absolute Gasteiger partial charge is 0.420 e. The van der Waals surface area contributed by atoms with E-state index in [1.54, 1.807) is 18.2 Å². The Balaban J connectivity index is 1.88. The van der Waals surface area contributed by atoms with E-state index in [4.69, 9.17) is 33.6 Å². The second-order valence-corrected chi connectivity index (χ2v) is 15.4. The van der Waals surface area contributed by atoms with Gasteiger partial charge in [-0.2, -0.15) is 0 Å². The number of benzene rings is 2. The van der Waals surface area contributed by atoms with Crippen molar-refractivity contribution in [2.75, 3.05) is 6.61 Å². The van der Waals surface area contributed by atoms with E-state index >= 15 is 0 Å². The van der Waals surface area contributed by atoms with Gasteiger partial charge in [-0.15, -0.1) is 10.2 Å². The minimum absolute atomic E-state index is 0.0721. The molecule has 0 bridgehead atoms. The third-order valence-electron chi connectivity index (χ3n) is 6.83. The molecule has 35 heavy (non-hydrogen) atoms. The van der Waals surface area contributed by atoms with Gasteiger partial charge in [-0.3, -0.25) is 0 Å². The van der Waals surface area contributed by atoms with Gasteiger partial charge in [0, 0.05) is 18.1 Å². The summed E-state index contributed by atoms with van der Waals surface area (Å²) in [6, 6.07) is 10.8. The lowest BCUT2D eigenvalue weighted by Gasteiger charge is -2.36. The molecule has 6 nitrogen and oxygen atoms in total. The lowest BCUT2D eigenvalue weighted by molar-refractivity contribution is 0.262. The summed E-state index contributed by atoms with van der Waals surface area (Å²) in [5.41, 5.74) is 3.72. The highest BCUT2D eigenvalue weighted by atomic mass is 35.5. The number of halogens is 1. The summed E-state index contributed by atoms with van der Waals surface area (Å²) >= 11 is 6.45. The third-order valence-corrected chi connectivity index (χ3v) is 11.8. The Morgan fingerprint density at radius 1 is 1.06 bits per heavy atom.